The molecule has 7 rings (SSSR count). The van der Waals surface area contributed by atoms with Gasteiger partial charge in [-0.3, -0.25) is 4.90 Å². The van der Waals surface area contributed by atoms with Crippen LogP contribution in [-0.4, -0.2) is 48.9 Å². The molecule has 4 atom stereocenters. The van der Waals surface area contributed by atoms with Crippen LogP contribution in [-0.2, 0) is 4.74 Å². The number of para-hydroxylation sites is 1. The second-order valence-electron chi connectivity index (χ2n) is 10.2. The fraction of sp³-hybridized carbons (Fsp3) is 0.321. The van der Waals surface area contributed by atoms with Gasteiger partial charge in [0.1, 0.15) is 18.2 Å². The Labute approximate surface area is 229 Å². The van der Waals surface area contributed by atoms with Gasteiger partial charge in [0.2, 0.25) is 6.35 Å². The Morgan fingerprint density at radius 1 is 1.08 bits per heavy atom. The first kappa shape index (κ1) is 24.0. The monoisotopic (exact) mass is 553 g/mol. The molecule has 3 N–H and O–H groups in total. The van der Waals surface area contributed by atoms with Crippen LogP contribution in [0, 0.1) is 5.82 Å². The zero-order valence-electron chi connectivity index (χ0n) is 20.8. The number of amidine groups is 1. The molecule has 0 radical (unpaired) electrons. The van der Waals surface area contributed by atoms with Gasteiger partial charge in [-0.2, -0.15) is 0 Å². The van der Waals surface area contributed by atoms with Crippen molar-refractivity contribution in [1.29, 1.82) is 0 Å². The summed E-state index contributed by atoms with van der Waals surface area (Å²) < 4.78 is 28.4. The number of nitrogens with one attached hydrogen (secondary N) is 1. The smallest absolute Gasteiger partial charge is 0.235 e. The molecule has 4 heterocycles. The molecule has 1 fully saturated rings. The largest absolute Gasteiger partial charge is 0.491 e. The van der Waals surface area contributed by atoms with Crippen LogP contribution in [0.1, 0.15) is 31.1 Å². The van der Waals surface area contributed by atoms with E-state index in [1.165, 1.54) is 6.07 Å². The van der Waals surface area contributed by atoms with Gasteiger partial charge in [0.15, 0.2) is 5.82 Å². The highest BCUT2D eigenvalue weighted by atomic mass is 35.5. The van der Waals surface area contributed by atoms with Crippen LogP contribution < -0.4 is 20.7 Å². The van der Waals surface area contributed by atoms with E-state index in [0.29, 0.717) is 17.9 Å². The Balaban J connectivity index is 1.51. The molecule has 38 heavy (non-hydrogen) atoms. The molecule has 4 aliphatic rings. The first-order chi connectivity index (χ1) is 18.3. The fourth-order valence-electron chi connectivity index (χ4n) is 5.93. The van der Waals surface area contributed by atoms with Crippen molar-refractivity contribution in [3.8, 4) is 16.9 Å². The van der Waals surface area contributed by atoms with Crippen molar-refractivity contribution in [1.82, 2.24) is 10.2 Å². The van der Waals surface area contributed by atoms with Crippen molar-refractivity contribution >= 4 is 46.1 Å². The molecule has 0 spiro atoms. The second-order valence-corrected chi connectivity index (χ2v) is 11.0. The van der Waals surface area contributed by atoms with Gasteiger partial charge in [0.05, 0.1) is 44.8 Å². The van der Waals surface area contributed by atoms with Crippen molar-refractivity contribution in [3.05, 3.63) is 69.5 Å². The summed E-state index contributed by atoms with van der Waals surface area (Å²) in [5.41, 5.74) is 10.8. The molecule has 0 aromatic heterocycles. The number of benzene rings is 3. The SMILES string of the molecule is CC1OC2N=C3c4c(cc(-c5c(N)c(Cl)cc(Cl)c5F)cc4N2c2ccccc21)OC[C@@H]1CN[C@H](C)CN31. The van der Waals surface area contributed by atoms with Gasteiger partial charge in [0, 0.05) is 30.3 Å². The molecule has 3 aromatic rings. The Bertz CT molecular complexity index is 1490. The summed E-state index contributed by atoms with van der Waals surface area (Å²) in [6.07, 6.45) is -0.750. The van der Waals surface area contributed by atoms with Crippen LogP contribution in [0.25, 0.3) is 11.1 Å². The van der Waals surface area contributed by atoms with Crippen LogP contribution in [0.3, 0.4) is 0 Å². The van der Waals surface area contributed by atoms with E-state index in [9.17, 15) is 0 Å². The van der Waals surface area contributed by atoms with Crippen molar-refractivity contribution in [2.24, 2.45) is 4.99 Å². The summed E-state index contributed by atoms with van der Waals surface area (Å²) in [5, 5.41) is 3.63. The molecule has 0 bridgehead atoms. The number of anilines is 3. The van der Waals surface area contributed by atoms with Gasteiger partial charge in [-0.05, 0) is 43.7 Å². The zero-order valence-corrected chi connectivity index (χ0v) is 22.4. The molecule has 0 saturated carbocycles. The van der Waals surface area contributed by atoms with Crippen molar-refractivity contribution < 1.29 is 13.9 Å². The predicted octanol–water partition coefficient (Wildman–Crippen LogP) is 5.71. The van der Waals surface area contributed by atoms with E-state index >= 15 is 4.39 Å². The molecule has 4 aliphatic heterocycles. The molecule has 0 amide bonds. The van der Waals surface area contributed by atoms with E-state index in [-0.39, 0.29) is 39.5 Å². The molecule has 2 unspecified atom stereocenters. The van der Waals surface area contributed by atoms with Crippen LogP contribution >= 0.6 is 23.2 Å². The number of piperazine rings is 1. The molecule has 7 nitrogen and oxygen atoms in total. The number of halogens is 3. The lowest BCUT2D eigenvalue weighted by atomic mass is 9.95. The summed E-state index contributed by atoms with van der Waals surface area (Å²) in [5.74, 6) is 0.792. The number of rotatable bonds is 1. The minimum absolute atomic E-state index is 0.0796. The first-order valence-electron chi connectivity index (χ1n) is 12.7. The summed E-state index contributed by atoms with van der Waals surface area (Å²) in [7, 11) is 0. The maximum atomic E-state index is 15.5. The molecular weight excluding hydrogens is 528 g/mol. The minimum atomic E-state index is -0.630. The van der Waals surface area contributed by atoms with E-state index in [0.717, 1.165) is 41.4 Å². The number of nitrogen functional groups attached to an aromatic ring is 1. The lowest BCUT2D eigenvalue weighted by Gasteiger charge is -2.46. The van der Waals surface area contributed by atoms with E-state index in [1.54, 1.807) is 0 Å². The highest BCUT2D eigenvalue weighted by molar-refractivity contribution is 6.37. The highest BCUT2D eigenvalue weighted by Gasteiger charge is 2.43. The van der Waals surface area contributed by atoms with Gasteiger partial charge in [0.25, 0.3) is 0 Å². The maximum absolute atomic E-state index is 15.5. The summed E-state index contributed by atoms with van der Waals surface area (Å²) in [6, 6.07) is 13.5. The maximum Gasteiger partial charge on any atom is 0.235 e. The number of hydrogen-bond acceptors (Lipinski definition) is 7. The van der Waals surface area contributed by atoms with Crippen molar-refractivity contribution in [2.75, 3.05) is 30.3 Å². The number of ether oxygens (including phenoxy) is 2. The van der Waals surface area contributed by atoms with Gasteiger partial charge in [-0.25, -0.2) is 9.38 Å². The fourth-order valence-corrected chi connectivity index (χ4v) is 6.39. The van der Waals surface area contributed by atoms with Gasteiger partial charge in [-0.15, -0.1) is 0 Å². The van der Waals surface area contributed by atoms with E-state index in [1.807, 2.05) is 31.2 Å². The van der Waals surface area contributed by atoms with E-state index < -0.39 is 12.2 Å². The van der Waals surface area contributed by atoms with Crippen LogP contribution in [0.15, 0.2) is 47.5 Å². The molecule has 10 heteroatoms. The topological polar surface area (TPSA) is 75.3 Å². The molecule has 3 aromatic carbocycles. The normalized spacial score (nSPS) is 25.3. The standard InChI is InChI=1S/C28H26Cl2FN5O2/c1-13-11-35-16(10-33-13)12-37-22-8-15(23-25(31)18(29)9-19(30)26(23)32)7-21-24(22)27(35)34-28-36(21)20-6-4-3-5-17(20)14(2)38-28/h3-9,13-14,16,28,33H,10-12,32H2,1-2H3/t13-,14?,16+,28?/m1/s1. The molecule has 0 aliphatic carbocycles. The van der Waals surface area contributed by atoms with Crippen LogP contribution in [0.2, 0.25) is 10.0 Å². The highest BCUT2D eigenvalue weighted by Crippen LogP contribution is 2.50. The minimum Gasteiger partial charge on any atom is -0.491 e. The third-order valence-corrected chi connectivity index (χ3v) is 8.38. The van der Waals surface area contributed by atoms with Crippen LogP contribution in [0.4, 0.5) is 21.5 Å². The lowest BCUT2D eigenvalue weighted by molar-refractivity contribution is -0.00542. The zero-order chi connectivity index (χ0) is 26.3. The third kappa shape index (κ3) is 3.51. The summed E-state index contributed by atoms with van der Waals surface area (Å²) >= 11 is 12.5. The van der Waals surface area contributed by atoms with E-state index in [2.05, 4.69) is 34.2 Å². The number of aliphatic imine (C=N–C) groups is 1. The Morgan fingerprint density at radius 3 is 2.74 bits per heavy atom. The molecule has 196 valence electrons. The van der Waals surface area contributed by atoms with Crippen LogP contribution in [0.5, 0.6) is 5.75 Å². The van der Waals surface area contributed by atoms with Gasteiger partial charge < -0.3 is 25.4 Å². The number of fused-ring (bicyclic) bond motifs is 6. The van der Waals surface area contributed by atoms with Gasteiger partial charge >= 0.3 is 0 Å². The van der Waals surface area contributed by atoms with Crippen molar-refractivity contribution in [3.63, 3.8) is 0 Å². The van der Waals surface area contributed by atoms with Crippen molar-refractivity contribution in [2.45, 2.75) is 38.4 Å². The Morgan fingerprint density at radius 2 is 1.89 bits per heavy atom. The summed E-state index contributed by atoms with van der Waals surface area (Å²) in [6.45, 7) is 6.17. The number of hydrogen-bond donors (Lipinski definition) is 2. The molecule has 1 saturated heterocycles. The molecular formula is C28H26Cl2FN5O2. The average Bonchev–Trinajstić information content (AvgIpc) is 3.05. The Kier molecular flexibility index (Phi) is 5.53. The first-order valence-corrected chi connectivity index (χ1v) is 13.4. The number of nitrogens with zero attached hydrogens (tertiary/aromatic N) is 3. The van der Waals surface area contributed by atoms with Gasteiger partial charge in [-0.1, -0.05) is 41.4 Å². The third-order valence-electron chi connectivity index (χ3n) is 7.79. The van der Waals surface area contributed by atoms with E-state index in [4.69, 9.17) is 43.4 Å². The summed E-state index contributed by atoms with van der Waals surface area (Å²) in [4.78, 5) is 9.53. The quantitative estimate of drug-likeness (QED) is 0.297. The average molecular weight is 554 g/mol. The Hall–Kier alpha value is -3.04. The number of nitrogens with two attached hydrogens (primary N) is 1. The second kappa shape index (κ2) is 8.74. The predicted molar refractivity (Wildman–Crippen MR) is 148 cm³/mol. The lowest BCUT2D eigenvalue weighted by Crippen LogP contribution is -2.59.